The van der Waals surface area contributed by atoms with Gasteiger partial charge in [0.05, 0.1) is 14.7 Å². The molecule has 0 saturated carbocycles. The van der Waals surface area contributed by atoms with Crippen LogP contribution in [0.15, 0.2) is 30.3 Å². The molecule has 0 amide bonds. The van der Waals surface area contributed by atoms with Crippen molar-refractivity contribution < 1.29 is 28.8 Å². The third-order valence-electron chi connectivity index (χ3n) is 6.00. The van der Waals surface area contributed by atoms with E-state index in [1.165, 1.54) is 5.19 Å². The first-order chi connectivity index (χ1) is 12.9. The molecular weight excluding hydrogens is 376 g/mol. The van der Waals surface area contributed by atoms with Crippen molar-refractivity contribution in [2.24, 2.45) is 0 Å². The maximum Gasteiger partial charge on any atom is 0.184 e. The quantitative estimate of drug-likeness (QED) is 0.772. The fourth-order valence-corrected chi connectivity index (χ4v) is 8.14. The Morgan fingerprint density at radius 3 is 2.29 bits per heavy atom. The third-order valence-corrected chi connectivity index (χ3v) is 9.33. The summed E-state index contributed by atoms with van der Waals surface area (Å²) in [6, 6.07) is 11.3. The average Bonchev–Trinajstić information content (AvgIpc) is 3.16. The number of benzene rings is 1. The molecule has 1 aromatic rings. The van der Waals surface area contributed by atoms with E-state index in [4.69, 9.17) is 23.7 Å². The number of rotatable bonds is 4. The van der Waals surface area contributed by atoms with Crippen molar-refractivity contribution in [2.45, 2.75) is 88.6 Å². The van der Waals surface area contributed by atoms with Gasteiger partial charge in [0.15, 0.2) is 17.9 Å². The van der Waals surface area contributed by atoms with Crippen LogP contribution < -0.4 is 5.19 Å². The minimum atomic E-state index is -1.95. The smallest absolute Gasteiger partial charge is 0.184 e. The zero-order chi connectivity index (χ0) is 20.4. The summed E-state index contributed by atoms with van der Waals surface area (Å²) in [5.74, 6) is -1.48. The molecule has 3 heterocycles. The molecule has 0 radical (unpaired) electrons. The Labute approximate surface area is 168 Å². The van der Waals surface area contributed by atoms with Gasteiger partial charge in [-0.25, -0.2) is 0 Å². The lowest BCUT2D eigenvalue weighted by Gasteiger charge is -2.40. The van der Waals surface area contributed by atoms with E-state index in [1.54, 1.807) is 0 Å². The molecule has 3 saturated heterocycles. The van der Waals surface area contributed by atoms with Crippen molar-refractivity contribution in [3.8, 4) is 0 Å². The van der Waals surface area contributed by atoms with Crippen LogP contribution >= 0.6 is 0 Å². The molecule has 3 aliphatic heterocycles. The van der Waals surface area contributed by atoms with Crippen LogP contribution in [0, 0.1) is 0 Å². The number of hydrogen-bond donors (Lipinski definition) is 1. The summed E-state index contributed by atoms with van der Waals surface area (Å²) in [7, 11) is -1.95. The molecular formula is C21H32O6Si. The lowest BCUT2D eigenvalue weighted by Crippen LogP contribution is -2.59. The second-order valence-electron chi connectivity index (χ2n) is 9.74. The van der Waals surface area contributed by atoms with Crippen molar-refractivity contribution in [1.82, 2.24) is 0 Å². The highest BCUT2D eigenvalue weighted by Gasteiger charge is 2.69. The molecule has 0 aromatic heterocycles. The summed E-state index contributed by atoms with van der Waals surface area (Å²) in [5.41, 5.74) is -0.789. The summed E-state index contributed by atoms with van der Waals surface area (Å²) < 4.78 is 30.6. The molecule has 5 atom stereocenters. The molecule has 6 nitrogen and oxygen atoms in total. The average molecular weight is 409 g/mol. The Bertz CT molecular complexity index is 721. The molecule has 3 fully saturated rings. The van der Waals surface area contributed by atoms with Gasteiger partial charge in [-0.05, 0) is 33.7 Å². The van der Waals surface area contributed by atoms with Crippen molar-refractivity contribution >= 4 is 13.3 Å². The lowest BCUT2D eigenvalue weighted by molar-refractivity contribution is -0.246. The Hall–Kier alpha value is -0.803. The maximum atomic E-state index is 10.7. The molecule has 4 rings (SSSR count). The van der Waals surface area contributed by atoms with Gasteiger partial charge in [0.25, 0.3) is 0 Å². The van der Waals surface area contributed by atoms with E-state index in [0.29, 0.717) is 6.61 Å². The summed E-state index contributed by atoms with van der Waals surface area (Å²) in [5, 5.41) is 12.1. The largest absolute Gasteiger partial charge is 0.366 e. The van der Waals surface area contributed by atoms with Crippen molar-refractivity contribution in [1.29, 1.82) is 0 Å². The van der Waals surface area contributed by atoms with E-state index in [0.717, 1.165) is 6.04 Å². The zero-order valence-electron chi connectivity index (χ0n) is 17.6. The SMILES string of the molecule is CC1(C)OC[C@H]([C@H]2O[C@H](O)[C@@H]3OC(C)(C)O[C@]23C[Si](C)(C)c2ccccc2)O1. The summed E-state index contributed by atoms with van der Waals surface area (Å²) in [4.78, 5) is 0. The molecule has 0 spiro atoms. The number of hydrogen-bond acceptors (Lipinski definition) is 6. The minimum absolute atomic E-state index is 0.326. The molecule has 0 unspecified atom stereocenters. The summed E-state index contributed by atoms with van der Waals surface area (Å²) in [6.07, 6.45) is -2.41. The fourth-order valence-electron chi connectivity index (χ4n) is 4.99. The van der Waals surface area contributed by atoms with Crippen LogP contribution in [0.3, 0.4) is 0 Å². The normalized spacial score (nSPS) is 39.2. The molecule has 28 heavy (non-hydrogen) atoms. The second kappa shape index (κ2) is 6.60. The number of aliphatic hydroxyl groups excluding tert-OH is 1. The van der Waals surface area contributed by atoms with Crippen molar-refractivity contribution in [3.63, 3.8) is 0 Å². The van der Waals surface area contributed by atoms with Crippen LogP contribution in [0.25, 0.3) is 0 Å². The monoisotopic (exact) mass is 408 g/mol. The Balaban J connectivity index is 1.71. The van der Waals surface area contributed by atoms with Gasteiger partial charge in [0, 0.05) is 0 Å². The van der Waals surface area contributed by atoms with E-state index in [2.05, 4.69) is 37.4 Å². The number of aliphatic hydroxyl groups is 1. The molecule has 3 aliphatic rings. The highest BCUT2D eigenvalue weighted by Crippen LogP contribution is 2.52. The predicted molar refractivity (Wildman–Crippen MR) is 107 cm³/mol. The van der Waals surface area contributed by atoms with Gasteiger partial charge in [0.1, 0.15) is 23.9 Å². The van der Waals surface area contributed by atoms with Gasteiger partial charge in [-0.3, -0.25) is 0 Å². The minimum Gasteiger partial charge on any atom is -0.366 e. The molecule has 7 heteroatoms. The first kappa shape index (κ1) is 20.5. The van der Waals surface area contributed by atoms with Gasteiger partial charge >= 0.3 is 0 Å². The fraction of sp³-hybridized carbons (Fsp3) is 0.714. The standard InChI is InChI=1S/C21H32O6Si/c1-19(2)23-12-15(25-19)16-21(13-28(5,6)14-10-8-7-9-11-14)17(18(22)24-16)26-20(3,4)27-21/h7-11,15-18,22H,12-13H2,1-6H3/t15-,16-,17+,18+,21-/m1/s1. The van der Waals surface area contributed by atoms with E-state index in [-0.39, 0.29) is 6.10 Å². The Morgan fingerprint density at radius 2 is 1.68 bits per heavy atom. The number of ether oxygens (including phenoxy) is 5. The van der Waals surface area contributed by atoms with Crippen LogP contribution in [-0.4, -0.2) is 61.6 Å². The lowest BCUT2D eigenvalue weighted by atomic mass is 9.91. The summed E-state index contributed by atoms with van der Waals surface area (Å²) in [6.45, 7) is 12.6. The highest BCUT2D eigenvalue weighted by atomic mass is 28.3. The van der Waals surface area contributed by atoms with E-state index in [9.17, 15) is 5.11 Å². The van der Waals surface area contributed by atoms with E-state index >= 15 is 0 Å². The maximum absolute atomic E-state index is 10.7. The van der Waals surface area contributed by atoms with Crippen LogP contribution in [0.2, 0.25) is 19.1 Å². The second-order valence-corrected chi connectivity index (χ2v) is 14.4. The zero-order valence-corrected chi connectivity index (χ0v) is 18.6. The van der Waals surface area contributed by atoms with Gasteiger partial charge in [0.2, 0.25) is 0 Å². The topological polar surface area (TPSA) is 66.4 Å². The van der Waals surface area contributed by atoms with Gasteiger partial charge < -0.3 is 28.8 Å². The van der Waals surface area contributed by atoms with Crippen LogP contribution in [-0.2, 0) is 23.7 Å². The molecule has 0 bridgehead atoms. The van der Waals surface area contributed by atoms with Crippen LogP contribution in [0.1, 0.15) is 27.7 Å². The van der Waals surface area contributed by atoms with Gasteiger partial charge in [-0.2, -0.15) is 0 Å². The highest BCUT2D eigenvalue weighted by molar-refractivity contribution is 6.90. The molecule has 1 aromatic carbocycles. The van der Waals surface area contributed by atoms with Gasteiger partial charge in [-0.15, -0.1) is 0 Å². The van der Waals surface area contributed by atoms with E-state index < -0.39 is 43.7 Å². The van der Waals surface area contributed by atoms with Crippen molar-refractivity contribution in [3.05, 3.63) is 30.3 Å². The van der Waals surface area contributed by atoms with Crippen molar-refractivity contribution in [2.75, 3.05) is 6.61 Å². The Morgan fingerprint density at radius 1 is 1.00 bits per heavy atom. The Kier molecular flexibility index (Phi) is 4.83. The molecule has 1 N–H and O–H groups in total. The molecule has 0 aliphatic carbocycles. The first-order valence-corrected chi connectivity index (χ1v) is 13.2. The third kappa shape index (κ3) is 3.47. The van der Waals surface area contributed by atoms with Gasteiger partial charge in [-0.1, -0.05) is 48.6 Å². The van der Waals surface area contributed by atoms with Crippen LogP contribution in [0.4, 0.5) is 0 Å². The first-order valence-electron chi connectivity index (χ1n) is 10.0. The summed E-state index contributed by atoms with van der Waals surface area (Å²) >= 11 is 0. The molecule has 156 valence electrons. The number of fused-ring (bicyclic) bond motifs is 1. The van der Waals surface area contributed by atoms with E-state index in [1.807, 2.05) is 33.8 Å². The predicted octanol–water partition coefficient (Wildman–Crippen LogP) is 2.36. The van der Waals surface area contributed by atoms with Crippen LogP contribution in [0.5, 0.6) is 0 Å².